The lowest BCUT2D eigenvalue weighted by atomic mass is 9.77. The Labute approximate surface area is 171 Å². The number of ether oxygens (including phenoxy) is 3. The molecule has 2 N–H and O–H groups in total. The highest BCUT2D eigenvalue weighted by molar-refractivity contribution is 6.18. The molecular weight excluding hydrogens is 380 g/mol. The Hall–Kier alpha value is -1.79. The topological polar surface area (TPSA) is 68.2 Å². The summed E-state index contributed by atoms with van der Waals surface area (Å²) in [5.41, 5.74) is 1.78. The first-order valence-electron chi connectivity index (χ1n) is 9.25. The number of aliphatic hydroxyl groups excluding tert-OH is 2. The molecule has 0 amide bonds. The smallest absolute Gasteiger partial charge is 0.123 e. The third kappa shape index (κ3) is 6.11. The number of methoxy groups -OCH3 is 1. The molecule has 154 valence electrons. The molecule has 6 heteroatoms. The highest BCUT2D eigenvalue weighted by Gasteiger charge is 2.27. The van der Waals surface area contributed by atoms with Crippen molar-refractivity contribution in [3.05, 3.63) is 59.7 Å². The molecule has 0 saturated heterocycles. The first-order valence-corrected chi connectivity index (χ1v) is 9.78. The molecule has 0 aliphatic carbocycles. The van der Waals surface area contributed by atoms with E-state index in [1.165, 1.54) is 7.11 Å². The zero-order chi connectivity index (χ0) is 20.6. The summed E-state index contributed by atoms with van der Waals surface area (Å²) >= 11 is 5.66. The molecule has 0 aliphatic heterocycles. The molecule has 0 spiro atoms. The van der Waals surface area contributed by atoms with Gasteiger partial charge in [0.05, 0.1) is 12.5 Å². The molecule has 0 fully saturated rings. The lowest BCUT2D eigenvalue weighted by Crippen LogP contribution is -2.24. The SMILES string of the molecule is COCC(O)COc1ccc(C(C)(C)c2ccccc2OCC(O)CCl)cc1. The second kappa shape index (κ2) is 10.7. The standard InChI is InChI=1S/C22H29ClO5/c1-22(2,20-6-4-5-7-21(20)28-14-17(24)12-23)16-8-10-19(11-9-16)27-15-18(25)13-26-3/h4-11,17-18,24-25H,12-15H2,1-3H3. The van der Waals surface area contributed by atoms with Crippen molar-refractivity contribution in [2.45, 2.75) is 31.5 Å². The number of hydrogen-bond donors (Lipinski definition) is 2. The van der Waals surface area contributed by atoms with E-state index in [1.54, 1.807) is 0 Å². The van der Waals surface area contributed by atoms with Gasteiger partial charge in [0, 0.05) is 18.1 Å². The van der Waals surface area contributed by atoms with Crippen molar-refractivity contribution in [3.8, 4) is 11.5 Å². The van der Waals surface area contributed by atoms with Crippen molar-refractivity contribution in [2.24, 2.45) is 0 Å². The minimum absolute atomic E-state index is 0.131. The first-order chi connectivity index (χ1) is 13.4. The third-order valence-corrected chi connectivity index (χ3v) is 4.90. The van der Waals surface area contributed by atoms with Crippen LogP contribution in [0.1, 0.15) is 25.0 Å². The van der Waals surface area contributed by atoms with Gasteiger partial charge in [0.1, 0.15) is 36.9 Å². The summed E-state index contributed by atoms with van der Waals surface area (Å²) in [5.74, 6) is 1.54. The summed E-state index contributed by atoms with van der Waals surface area (Å²) < 4.78 is 16.3. The zero-order valence-corrected chi connectivity index (χ0v) is 17.4. The fraction of sp³-hybridized carbons (Fsp3) is 0.455. The zero-order valence-electron chi connectivity index (χ0n) is 16.6. The van der Waals surface area contributed by atoms with Crippen molar-refractivity contribution in [3.63, 3.8) is 0 Å². The maximum Gasteiger partial charge on any atom is 0.123 e. The summed E-state index contributed by atoms with van der Waals surface area (Å²) in [5, 5.41) is 19.4. The van der Waals surface area contributed by atoms with Gasteiger partial charge in [-0.3, -0.25) is 0 Å². The number of halogens is 1. The van der Waals surface area contributed by atoms with E-state index in [0.717, 1.165) is 16.9 Å². The Morgan fingerprint density at radius 1 is 0.893 bits per heavy atom. The normalized spacial score (nSPS) is 13.8. The van der Waals surface area contributed by atoms with Crippen LogP contribution in [0.3, 0.4) is 0 Å². The second-order valence-electron chi connectivity index (χ2n) is 7.18. The van der Waals surface area contributed by atoms with Crippen molar-refractivity contribution in [1.82, 2.24) is 0 Å². The molecule has 2 unspecified atom stereocenters. The molecule has 0 aromatic heterocycles. The first kappa shape index (κ1) is 22.5. The van der Waals surface area contributed by atoms with Crippen LogP contribution in [-0.4, -0.2) is 55.2 Å². The summed E-state index contributed by atoms with van der Waals surface area (Å²) in [4.78, 5) is 0. The number of alkyl halides is 1. The second-order valence-corrected chi connectivity index (χ2v) is 7.49. The Morgan fingerprint density at radius 3 is 2.18 bits per heavy atom. The predicted octanol–water partition coefficient (Wildman–Crippen LogP) is 3.38. The number of benzene rings is 2. The molecule has 28 heavy (non-hydrogen) atoms. The van der Waals surface area contributed by atoms with Crippen LogP contribution in [0.2, 0.25) is 0 Å². The van der Waals surface area contributed by atoms with Gasteiger partial charge in [0.25, 0.3) is 0 Å². The summed E-state index contributed by atoms with van der Waals surface area (Å²) in [6.07, 6.45) is -1.36. The van der Waals surface area contributed by atoms with Gasteiger partial charge in [-0.2, -0.15) is 0 Å². The predicted molar refractivity (Wildman–Crippen MR) is 111 cm³/mol. The van der Waals surface area contributed by atoms with Gasteiger partial charge in [-0.05, 0) is 23.8 Å². The fourth-order valence-corrected chi connectivity index (χ4v) is 2.98. The Bertz CT molecular complexity index is 717. The number of para-hydroxylation sites is 1. The number of hydrogen-bond acceptors (Lipinski definition) is 5. The largest absolute Gasteiger partial charge is 0.491 e. The Kier molecular flexibility index (Phi) is 8.58. The lowest BCUT2D eigenvalue weighted by Gasteiger charge is -2.28. The summed E-state index contributed by atoms with van der Waals surface area (Å²) in [6, 6.07) is 15.6. The molecule has 0 saturated carbocycles. The molecular formula is C22H29ClO5. The average Bonchev–Trinajstić information content (AvgIpc) is 2.71. The van der Waals surface area contributed by atoms with Crippen LogP contribution < -0.4 is 9.47 Å². The van der Waals surface area contributed by atoms with Crippen LogP contribution >= 0.6 is 11.6 Å². The Morgan fingerprint density at radius 2 is 1.54 bits per heavy atom. The quantitative estimate of drug-likeness (QED) is 0.558. The molecule has 0 heterocycles. The minimum atomic E-state index is -0.706. The van der Waals surface area contributed by atoms with Crippen molar-refractivity contribution < 1.29 is 24.4 Å². The van der Waals surface area contributed by atoms with Crippen LogP contribution in [0.4, 0.5) is 0 Å². The molecule has 5 nitrogen and oxygen atoms in total. The van der Waals surface area contributed by atoms with Crippen LogP contribution in [0, 0.1) is 0 Å². The molecule has 2 rings (SSSR count). The maximum absolute atomic E-state index is 9.69. The van der Waals surface area contributed by atoms with Gasteiger partial charge in [0.15, 0.2) is 0 Å². The summed E-state index contributed by atoms with van der Waals surface area (Å²) in [7, 11) is 1.54. The van der Waals surface area contributed by atoms with Gasteiger partial charge in [-0.1, -0.05) is 44.2 Å². The fourth-order valence-electron chi connectivity index (χ4n) is 2.90. The van der Waals surface area contributed by atoms with Crippen LogP contribution in [-0.2, 0) is 10.2 Å². The highest BCUT2D eigenvalue weighted by atomic mass is 35.5. The van der Waals surface area contributed by atoms with Crippen LogP contribution in [0.25, 0.3) is 0 Å². The van der Waals surface area contributed by atoms with E-state index in [-0.39, 0.29) is 31.1 Å². The minimum Gasteiger partial charge on any atom is -0.491 e. The van der Waals surface area contributed by atoms with E-state index in [1.807, 2.05) is 48.5 Å². The average molecular weight is 409 g/mol. The monoisotopic (exact) mass is 408 g/mol. The van der Waals surface area contributed by atoms with Crippen molar-refractivity contribution >= 4 is 11.6 Å². The van der Waals surface area contributed by atoms with Crippen molar-refractivity contribution in [1.29, 1.82) is 0 Å². The molecule has 0 bridgehead atoms. The van der Waals surface area contributed by atoms with Gasteiger partial charge in [0.2, 0.25) is 0 Å². The van der Waals surface area contributed by atoms with Crippen LogP contribution in [0.15, 0.2) is 48.5 Å². The number of rotatable bonds is 11. The molecule has 2 atom stereocenters. The van der Waals surface area contributed by atoms with E-state index in [0.29, 0.717) is 5.75 Å². The summed E-state index contributed by atoms with van der Waals surface area (Å²) in [6.45, 7) is 4.79. The van der Waals surface area contributed by atoms with Gasteiger partial charge in [-0.25, -0.2) is 0 Å². The maximum atomic E-state index is 9.69. The van der Waals surface area contributed by atoms with Crippen molar-refractivity contribution in [2.75, 3.05) is 32.8 Å². The van der Waals surface area contributed by atoms with E-state index in [2.05, 4.69) is 13.8 Å². The van der Waals surface area contributed by atoms with E-state index in [4.69, 9.17) is 25.8 Å². The van der Waals surface area contributed by atoms with Crippen LogP contribution in [0.5, 0.6) is 11.5 Å². The van der Waals surface area contributed by atoms with E-state index >= 15 is 0 Å². The Balaban J connectivity index is 2.14. The third-order valence-electron chi connectivity index (χ3n) is 4.55. The molecule has 0 radical (unpaired) electrons. The van der Waals surface area contributed by atoms with E-state index < -0.39 is 12.2 Å². The number of aliphatic hydroxyl groups is 2. The molecule has 2 aromatic carbocycles. The van der Waals surface area contributed by atoms with E-state index in [9.17, 15) is 10.2 Å². The van der Waals surface area contributed by atoms with Gasteiger partial charge >= 0.3 is 0 Å². The molecule has 0 aliphatic rings. The van der Waals surface area contributed by atoms with Gasteiger partial charge < -0.3 is 24.4 Å². The van der Waals surface area contributed by atoms with Gasteiger partial charge in [-0.15, -0.1) is 11.6 Å². The highest BCUT2D eigenvalue weighted by Crippen LogP contribution is 2.37. The molecule has 2 aromatic rings. The lowest BCUT2D eigenvalue weighted by molar-refractivity contribution is 0.0325.